The highest BCUT2D eigenvalue weighted by Crippen LogP contribution is 2.24. The summed E-state index contributed by atoms with van der Waals surface area (Å²) in [6.07, 6.45) is 2.81. The van der Waals surface area contributed by atoms with Crippen molar-refractivity contribution in [2.45, 2.75) is 50.8 Å². The van der Waals surface area contributed by atoms with Crippen molar-refractivity contribution in [2.24, 2.45) is 0 Å². The van der Waals surface area contributed by atoms with E-state index >= 15 is 0 Å². The van der Waals surface area contributed by atoms with Crippen LogP contribution < -0.4 is 10.1 Å². The largest absolute Gasteiger partial charge is 0.494 e. The van der Waals surface area contributed by atoms with Crippen LogP contribution in [-0.4, -0.2) is 34.9 Å². The molecule has 0 bridgehead atoms. The molecule has 0 amide bonds. The molecule has 1 aliphatic rings. The monoisotopic (exact) mass is 293 g/mol. The molecule has 0 aromatic heterocycles. The third-order valence-corrected chi connectivity index (χ3v) is 3.85. The molecule has 0 heterocycles. The van der Waals surface area contributed by atoms with Crippen molar-refractivity contribution in [1.29, 1.82) is 0 Å². The lowest BCUT2D eigenvalue weighted by Crippen LogP contribution is -2.40. The predicted octanol–water partition coefficient (Wildman–Crippen LogP) is 2.10. The normalized spacial score (nSPS) is 23.5. The minimum atomic E-state index is -0.894. The Balaban J connectivity index is 2.08. The third kappa shape index (κ3) is 4.44. The van der Waals surface area contributed by atoms with Gasteiger partial charge in [-0.1, -0.05) is 12.1 Å². The fourth-order valence-corrected chi connectivity index (χ4v) is 2.74. The minimum absolute atomic E-state index is 0.130. The molecule has 1 aromatic carbocycles. The van der Waals surface area contributed by atoms with Crippen molar-refractivity contribution in [3.8, 4) is 5.75 Å². The van der Waals surface area contributed by atoms with E-state index in [-0.39, 0.29) is 12.1 Å². The number of rotatable bonds is 6. The Morgan fingerprint density at radius 2 is 2.10 bits per heavy atom. The van der Waals surface area contributed by atoms with Gasteiger partial charge in [-0.05, 0) is 50.3 Å². The van der Waals surface area contributed by atoms with Gasteiger partial charge < -0.3 is 14.9 Å². The molecule has 1 aromatic rings. The third-order valence-electron chi connectivity index (χ3n) is 3.85. The maximum absolute atomic E-state index is 11.6. The summed E-state index contributed by atoms with van der Waals surface area (Å²) < 4.78 is 5.43. The van der Waals surface area contributed by atoms with Crippen LogP contribution in [-0.2, 0) is 4.79 Å². The average Bonchev–Trinajstić information content (AvgIpc) is 2.47. The quantitative estimate of drug-likeness (QED) is 0.748. The van der Waals surface area contributed by atoms with Gasteiger partial charge in [0.25, 0.3) is 0 Å². The summed E-state index contributed by atoms with van der Waals surface area (Å²) in [5.74, 6) is -0.211. The number of ether oxygens (including phenoxy) is 1. The van der Waals surface area contributed by atoms with Gasteiger partial charge in [0.1, 0.15) is 11.8 Å². The molecular formula is C16H23NO4. The Morgan fingerprint density at radius 1 is 1.38 bits per heavy atom. The predicted molar refractivity (Wildman–Crippen MR) is 79.4 cm³/mol. The molecule has 1 atom stereocenters. The lowest BCUT2D eigenvalue weighted by Gasteiger charge is -2.29. The van der Waals surface area contributed by atoms with Crippen LogP contribution in [0.2, 0.25) is 0 Å². The first-order valence-corrected chi connectivity index (χ1v) is 7.49. The number of carboxylic acids is 1. The molecule has 0 spiro atoms. The Kier molecular flexibility index (Phi) is 5.59. The summed E-state index contributed by atoms with van der Waals surface area (Å²) in [6, 6.07) is 6.58. The molecule has 5 heteroatoms. The van der Waals surface area contributed by atoms with Crippen molar-refractivity contribution in [1.82, 2.24) is 5.32 Å². The first kappa shape index (κ1) is 15.8. The van der Waals surface area contributed by atoms with E-state index in [0.717, 1.165) is 25.7 Å². The number of hydrogen-bond donors (Lipinski definition) is 3. The zero-order valence-electron chi connectivity index (χ0n) is 12.3. The fraction of sp³-hybridized carbons (Fsp3) is 0.562. The summed E-state index contributed by atoms with van der Waals surface area (Å²) in [7, 11) is 0. The molecule has 116 valence electrons. The molecule has 3 N–H and O–H groups in total. The van der Waals surface area contributed by atoms with Crippen LogP contribution in [0.4, 0.5) is 0 Å². The summed E-state index contributed by atoms with van der Waals surface area (Å²) in [6.45, 7) is 2.45. The Labute approximate surface area is 124 Å². The molecule has 21 heavy (non-hydrogen) atoms. The highest BCUT2D eigenvalue weighted by atomic mass is 16.5. The van der Waals surface area contributed by atoms with E-state index in [2.05, 4.69) is 5.32 Å². The number of benzene rings is 1. The van der Waals surface area contributed by atoms with Crippen molar-refractivity contribution in [2.75, 3.05) is 6.61 Å². The van der Waals surface area contributed by atoms with E-state index < -0.39 is 12.0 Å². The zero-order valence-corrected chi connectivity index (χ0v) is 12.3. The molecule has 1 fully saturated rings. The molecule has 0 saturated heterocycles. The zero-order chi connectivity index (χ0) is 15.2. The van der Waals surface area contributed by atoms with Crippen LogP contribution in [0, 0.1) is 0 Å². The van der Waals surface area contributed by atoms with Crippen molar-refractivity contribution >= 4 is 5.97 Å². The van der Waals surface area contributed by atoms with E-state index in [4.69, 9.17) is 4.74 Å². The number of hydrogen-bond acceptors (Lipinski definition) is 4. The maximum Gasteiger partial charge on any atom is 0.325 e. The molecule has 0 radical (unpaired) electrons. The van der Waals surface area contributed by atoms with E-state index in [9.17, 15) is 15.0 Å². The SMILES string of the molecule is CCOc1cccc(C(NC2CCC(O)CC2)C(=O)O)c1. The number of aliphatic hydroxyl groups is 1. The second-order valence-electron chi connectivity index (χ2n) is 5.45. The van der Waals surface area contributed by atoms with Gasteiger partial charge in [0, 0.05) is 6.04 Å². The Hall–Kier alpha value is -1.59. The number of aliphatic hydroxyl groups excluding tert-OH is 1. The van der Waals surface area contributed by atoms with E-state index in [1.54, 1.807) is 12.1 Å². The van der Waals surface area contributed by atoms with Gasteiger partial charge in [0.05, 0.1) is 12.7 Å². The summed E-state index contributed by atoms with van der Waals surface area (Å²) in [5, 5.41) is 22.2. The summed E-state index contributed by atoms with van der Waals surface area (Å²) in [4.78, 5) is 11.6. The van der Waals surface area contributed by atoms with E-state index in [0.29, 0.717) is 17.9 Å². The fourth-order valence-electron chi connectivity index (χ4n) is 2.74. The number of nitrogens with one attached hydrogen (secondary N) is 1. The number of carboxylic acid groups (broad SMARTS) is 1. The lowest BCUT2D eigenvalue weighted by molar-refractivity contribution is -0.140. The van der Waals surface area contributed by atoms with Crippen LogP contribution >= 0.6 is 0 Å². The van der Waals surface area contributed by atoms with Crippen LogP contribution in [0.15, 0.2) is 24.3 Å². The van der Waals surface area contributed by atoms with E-state index in [1.807, 2.05) is 19.1 Å². The van der Waals surface area contributed by atoms with Gasteiger partial charge in [-0.2, -0.15) is 0 Å². The van der Waals surface area contributed by atoms with Gasteiger partial charge in [-0.3, -0.25) is 10.1 Å². The van der Waals surface area contributed by atoms with Gasteiger partial charge in [0.2, 0.25) is 0 Å². The minimum Gasteiger partial charge on any atom is -0.494 e. The van der Waals surface area contributed by atoms with Gasteiger partial charge in [0.15, 0.2) is 0 Å². The Morgan fingerprint density at radius 3 is 2.71 bits per heavy atom. The number of aliphatic carboxylic acids is 1. The molecule has 1 aliphatic carbocycles. The average molecular weight is 293 g/mol. The van der Waals surface area contributed by atoms with Crippen molar-refractivity contribution < 1.29 is 19.7 Å². The van der Waals surface area contributed by atoms with Gasteiger partial charge in [-0.15, -0.1) is 0 Å². The molecule has 1 unspecified atom stereocenters. The number of carbonyl (C=O) groups is 1. The van der Waals surface area contributed by atoms with E-state index in [1.165, 1.54) is 0 Å². The van der Waals surface area contributed by atoms with Crippen LogP contribution in [0.1, 0.15) is 44.2 Å². The first-order chi connectivity index (χ1) is 10.1. The first-order valence-electron chi connectivity index (χ1n) is 7.49. The van der Waals surface area contributed by atoms with Crippen LogP contribution in [0.3, 0.4) is 0 Å². The standard InChI is InChI=1S/C16H23NO4/c1-2-21-14-5-3-4-11(10-14)15(16(19)20)17-12-6-8-13(18)9-7-12/h3-5,10,12-13,15,17-18H,2,6-9H2,1H3,(H,19,20). The molecule has 5 nitrogen and oxygen atoms in total. The molecular weight excluding hydrogens is 270 g/mol. The second kappa shape index (κ2) is 7.43. The topological polar surface area (TPSA) is 78.8 Å². The van der Waals surface area contributed by atoms with Gasteiger partial charge in [-0.25, -0.2) is 0 Å². The smallest absolute Gasteiger partial charge is 0.325 e. The summed E-state index contributed by atoms with van der Waals surface area (Å²) in [5.41, 5.74) is 0.694. The van der Waals surface area contributed by atoms with Crippen LogP contribution in [0.5, 0.6) is 5.75 Å². The molecule has 2 rings (SSSR count). The van der Waals surface area contributed by atoms with Gasteiger partial charge >= 0.3 is 5.97 Å². The molecule has 1 saturated carbocycles. The van der Waals surface area contributed by atoms with Crippen LogP contribution in [0.25, 0.3) is 0 Å². The maximum atomic E-state index is 11.6. The van der Waals surface area contributed by atoms with Crippen molar-refractivity contribution in [3.05, 3.63) is 29.8 Å². The Bertz CT molecular complexity index is 469. The molecule has 0 aliphatic heterocycles. The summed E-state index contributed by atoms with van der Waals surface area (Å²) >= 11 is 0. The lowest BCUT2D eigenvalue weighted by atomic mass is 9.92. The highest BCUT2D eigenvalue weighted by molar-refractivity contribution is 5.75. The second-order valence-corrected chi connectivity index (χ2v) is 5.45. The van der Waals surface area contributed by atoms with Crippen molar-refractivity contribution in [3.63, 3.8) is 0 Å². The highest BCUT2D eigenvalue weighted by Gasteiger charge is 2.26.